The first-order valence-corrected chi connectivity index (χ1v) is 5.85. The third-order valence-corrected chi connectivity index (χ3v) is 3.98. The van der Waals surface area contributed by atoms with Crippen molar-refractivity contribution in [2.45, 2.75) is 45.6 Å². The lowest BCUT2D eigenvalue weighted by molar-refractivity contribution is 0.0293. The molecule has 1 fully saturated rings. The zero-order valence-electron chi connectivity index (χ0n) is 10.0. The van der Waals surface area contributed by atoms with Crippen LogP contribution in [0.4, 0.5) is 0 Å². The molecule has 3 atom stereocenters. The molecule has 1 aliphatic carbocycles. The Hall–Kier alpha value is -0.0800. The number of hydrogen-bond acceptors (Lipinski definition) is 2. The van der Waals surface area contributed by atoms with E-state index in [1.807, 2.05) is 7.05 Å². The molecule has 0 spiro atoms. The van der Waals surface area contributed by atoms with Crippen LogP contribution >= 0.6 is 0 Å². The SMILES string of the molecule is CNC1(CO)CC(C)CCC1C(C)C. The van der Waals surface area contributed by atoms with E-state index < -0.39 is 0 Å². The Kier molecular flexibility index (Phi) is 3.96. The van der Waals surface area contributed by atoms with Crippen molar-refractivity contribution in [2.24, 2.45) is 17.8 Å². The van der Waals surface area contributed by atoms with E-state index in [9.17, 15) is 5.11 Å². The van der Waals surface area contributed by atoms with E-state index in [4.69, 9.17) is 0 Å². The van der Waals surface area contributed by atoms with Gasteiger partial charge >= 0.3 is 0 Å². The Morgan fingerprint density at radius 3 is 2.50 bits per heavy atom. The van der Waals surface area contributed by atoms with Crippen molar-refractivity contribution in [3.8, 4) is 0 Å². The first kappa shape index (κ1) is 12.0. The summed E-state index contributed by atoms with van der Waals surface area (Å²) in [6.45, 7) is 7.10. The molecule has 0 aliphatic heterocycles. The van der Waals surface area contributed by atoms with Crippen molar-refractivity contribution in [3.63, 3.8) is 0 Å². The second kappa shape index (κ2) is 4.63. The molecule has 1 saturated carbocycles. The summed E-state index contributed by atoms with van der Waals surface area (Å²) < 4.78 is 0. The van der Waals surface area contributed by atoms with Crippen molar-refractivity contribution in [1.29, 1.82) is 0 Å². The Balaban J connectivity index is 2.81. The summed E-state index contributed by atoms with van der Waals surface area (Å²) in [5.41, 5.74) is -0.0220. The lowest BCUT2D eigenvalue weighted by Gasteiger charge is -2.47. The van der Waals surface area contributed by atoms with Gasteiger partial charge in [0.05, 0.1) is 6.61 Å². The van der Waals surface area contributed by atoms with E-state index >= 15 is 0 Å². The Morgan fingerprint density at radius 2 is 2.07 bits per heavy atom. The maximum absolute atomic E-state index is 9.62. The predicted octanol–water partition coefficient (Wildman–Crippen LogP) is 2.03. The summed E-state index contributed by atoms with van der Waals surface area (Å²) >= 11 is 0. The van der Waals surface area contributed by atoms with Crippen molar-refractivity contribution in [1.82, 2.24) is 5.32 Å². The molecule has 0 amide bonds. The topological polar surface area (TPSA) is 32.3 Å². The molecular formula is C12H25NO. The van der Waals surface area contributed by atoms with Gasteiger partial charge in [-0.1, -0.05) is 27.2 Å². The second-order valence-corrected chi connectivity index (χ2v) is 5.30. The largest absolute Gasteiger partial charge is 0.394 e. The van der Waals surface area contributed by atoms with Gasteiger partial charge in [0.25, 0.3) is 0 Å². The molecule has 3 unspecified atom stereocenters. The van der Waals surface area contributed by atoms with Crippen LogP contribution in [-0.2, 0) is 0 Å². The van der Waals surface area contributed by atoms with Crippen LogP contribution in [-0.4, -0.2) is 24.3 Å². The molecule has 1 aliphatic rings. The molecule has 2 N–H and O–H groups in total. The first-order valence-electron chi connectivity index (χ1n) is 5.85. The molecule has 1 rings (SSSR count). The molecule has 2 heteroatoms. The fraction of sp³-hybridized carbons (Fsp3) is 1.00. The highest BCUT2D eigenvalue weighted by Gasteiger charge is 2.42. The summed E-state index contributed by atoms with van der Waals surface area (Å²) in [6.07, 6.45) is 3.68. The van der Waals surface area contributed by atoms with Crippen LogP contribution in [0, 0.1) is 17.8 Å². The quantitative estimate of drug-likeness (QED) is 0.729. The lowest BCUT2D eigenvalue weighted by atomic mass is 9.65. The van der Waals surface area contributed by atoms with Gasteiger partial charge in [-0.3, -0.25) is 0 Å². The van der Waals surface area contributed by atoms with Gasteiger partial charge in [0, 0.05) is 5.54 Å². The smallest absolute Gasteiger partial charge is 0.0616 e. The van der Waals surface area contributed by atoms with Crippen molar-refractivity contribution in [3.05, 3.63) is 0 Å². The summed E-state index contributed by atoms with van der Waals surface area (Å²) in [5, 5.41) is 13.0. The first-order chi connectivity index (χ1) is 6.55. The van der Waals surface area contributed by atoms with Crippen molar-refractivity contribution < 1.29 is 5.11 Å². The van der Waals surface area contributed by atoms with E-state index in [-0.39, 0.29) is 12.1 Å². The molecule has 0 radical (unpaired) electrons. The Labute approximate surface area is 88.1 Å². The average Bonchev–Trinajstić information content (AvgIpc) is 2.16. The van der Waals surface area contributed by atoms with Crippen LogP contribution in [0.2, 0.25) is 0 Å². The van der Waals surface area contributed by atoms with Gasteiger partial charge in [-0.2, -0.15) is 0 Å². The fourth-order valence-electron chi connectivity index (χ4n) is 3.14. The maximum atomic E-state index is 9.62. The number of likely N-dealkylation sites (N-methyl/N-ethyl adjacent to an activating group) is 1. The molecular weight excluding hydrogens is 174 g/mol. The molecule has 0 aromatic carbocycles. The number of rotatable bonds is 3. The highest BCUT2D eigenvalue weighted by molar-refractivity contribution is 4.98. The third kappa shape index (κ3) is 2.12. The minimum atomic E-state index is -0.0220. The predicted molar refractivity (Wildman–Crippen MR) is 60.2 cm³/mol. The van der Waals surface area contributed by atoms with Gasteiger partial charge in [0.2, 0.25) is 0 Å². The van der Waals surface area contributed by atoms with Crippen molar-refractivity contribution >= 4 is 0 Å². The van der Waals surface area contributed by atoms with Gasteiger partial charge in [-0.05, 0) is 37.6 Å². The Morgan fingerprint density at radius 1 is 1.43 bits per heavy atom. The lowest BCUT2D eigenvalue weighted by Crippen LogP contribution is -2.57. The van der Waals surface area contributed by atoms with Crippen LogP contribution in [0.5, 0.6) is 0 Å². The van der Waals surface area contributed by atoms with Crippen LogP contribution in [0.1, 0.15) is 40.0 Å². The van der Waals surface area contributed by atoms with Crippen LogP contribution in [0.25, 0.3) is 0 Å². The van der Waals surface area contributed by atoms with E-state index in [2.05, 4.69) is 26.1 Å². The third-order valence-electron chi connectivity index (χ3n) is 3.98. The van der Waals surface area contributed by atoms with Gasteiger partial charge in [0.15, 0.2) is 0 Å². The minimum Gasteiger partial charge on any atom is -0.394 e. The van der Waals surface area contributed by atoms with Gasteiger partial charge in [-0.25, -0.2) is 0 Å². The molecule has 0 heterocycles. The number of aliphatic hydroxyl groups is 1. The fourth-order valence-corrected chi connectivity index (χ4v) is 3.14. The zero-order chi connectivity index (χ0) is 10.8. The molecule has 0 saturated heterocycles. The molecule has 0 aromatic rings. The van der Waals surface area contributed by atoms with E-state index in [0.29, 0.717) is 11.8 Å². The average molecular weight is 199 g/mol. The van der Waals surface area contributed by atoms with Crippen LogP contribution < -0.4 is 5.32 Å². The van der Waals surface area contributed by atoms with E-state index in [1.54, 1.807) is 0 Å². The molecule has 0 aromatic heterocycles. The van der Waals surface area contributed by atoms with Gasteiger partial charge in [-0.15, -0.1) is 0 Å². The molecule has 84 valence electrons. The number of hydrogen-bond donors (Lipinski definition) is 2. The van der Waals surface area contributed by atoms with E-state index in [0.717, 1.165) is 12.3 Å². The molecule has 0 bridgehead atoms. The molecule has 2 nitrogen and oxygen atoms in total. The van der Waals surface area contributed by atoms with Gasteiger partial charge in [0.1, 0.15) is 0 Å². The summed E-state index contributed by atoms with van der Waals surface area (Å²) in [5.74, 6) is 2.01. The van der Waals surface area contributed by atoms with Crippen LogP contribution in [0.15, 0.2) is 0 Å². The van der Waals surface area contributed by atoms with Crippen LogP contribution in [0.3, 0.4) is 0 Å². The maximum Gasteiger partial charge on any atom is 0.0616 e. The van der Waals surface area contributed by atoms with E-state index in [1.165, 1.54) is 12.8 Å². The summed E-state index contributed by atoms with van der Waals surface area (Å²) in [4.78, 5) is 0. The van der Waals surface area contributed by atoms with Gasteiger partial charge < -0.3 is 10.4 Å². The summed E-state index contributed by atoms with van der Waals surface area (Å²) in [7, 11) is 1.99. The normalized spacial score (nSPS) is 39.0. The van der Waals surface area contributed by atoms with Crippen molar-refractivity contribution in [2.75, 3.05) is 13.7 Å². The monoisotopic (exact) mass is 199 g/mol. The number of aliphatic hydroxyl groups excluding tert-OH is 1. The Bertz CT molecular complexity index is 175. The second-order valence-electron chi connectivity index (χ2n) is 5.30. The standard InChI is InChI=1S/C12H25NO/c1-9(2)11-6-5-10(3)7-12(11,8-14)13-4/h9-11,13-14H,5-8H2,1-4H3. The zero-order valence-corrected chi connectivity index (χ0v) is 10.0. The molecule has 14 heavy (non-hydrogen) atoms. The highest BCUT2D eigenvalue weighted by Crippen LogP contribution is 2.40. The highest BCUT2D eigenvalue weighted by atomic mass is 16.3. The summed E-state index contributed by atoms with van der Waals surface area (Å²) in [6, 6.07) is 0. The minimum absolute atomic E-state index is 0.0220. The number of nitrogens with one attached hydrogen (secondary N) is 1.